The van der Waals surface area contributed by atoms with Gasteiger partial charge in [0.1, 0.15) is 11.8 Å². The normalized spacial score (nSPS) is 16.2. The number of hydrogen-bond donors (Lipinski definition) is 1. The van der Waals surface area contributed by atoms with Crippen molar-refractivity contribution < 1.29 is 9.90 Å². The maximum atomic E-state index is 13.2. The molecule has 1 fully saturated rings. The van der Waals surface area contributed by atoms with E-state index in [1.54, 1.807) is 30.3 Å². The first-order valence-corrected chi connectivity index (χ1v) is 11.2. The van der Waals surface area contributed by atoms with Gasteiger partial charge in [0.2, 0.25) is 0 Å². The second-order valence-electron chi connectivity index (χ2n) is 8.75. The number of fused-ring (bicyclic) bond motifs is 1. The van der Waals surface area contributed by atoms with Gasteiger partial charge in [-0.05, 0) is 61.7 Å². The van der Waals surface area contributed by atoms with E-state index < -0.39 is 17.6 Å². The SMILES string of the molecule is CN1CCC(c2ccc(-c3cc4c(=O)n(C(C(=O)O)c5ccccc5)cnn4c3)cc2)CC1. The lowest BCUT2D eigenvalue weighted by atomic mass is 9.89. The number of carboxylic acid groups (broad SMARTS) is 1. The third-order valence-electron chi connectivity index (χ3n) is 6.62. The minimum atomic E-state index is -1.14. The summed E-state index contributed by atoms with van der Waals surface area (Å²) in [7, 11) is 2.16. The molecule has 7 nitrogen and oxygen atoms in total. The smallest absolute Gasteiger partial charge is 0.331 e. The number of aromatic nitrogens is 3. The van der Waals surface area contributed by atoms with Crippen LogP contribution in [0, 0.1) is 0 Å². The van der Waals surface area contributed by atoms with Gasteiger partial charge in [-0.25, -0.2) is 9.31 Å². The average Bonchev–Trinajstić information content (AvgIpc) is 3.27. The van der Waals surface area contributed by atoms with Gasteiger partial charge >= 0.3 is 5.97 Å². The van der Waals surface area contributed by atoms with Crippen LogP contribution in [0.1, 0.15) is 35.9 Å². The molecular formula is C26H26N4O3. The summed E-state index contributed by atoms with van der Waals surface area (Å²) in [6.07, 6.45) is 5.45. The predicted molar refractivity (Wildman–Crippen MR) is 127 cm³/mol. The highest BCUT2D eigenvalue weighted by Crippen LogP contribution is 2.30. The lowest BCUT2D eigenvalue weighted by molar-refractivity contribution is -0.139. The van der Waals surface area contributed by atoms with Gasteiger partial charge < -0.3 is 10.0 Å². The summed E-state index contributed by atoms with van der Waals surface area (Å²) < 4.78 is 2.70. The zero-order chi connectivity index (χ0) is 22.9. The largest absolute Gasteiger partial charge is 0.479 e. The van der Waals surface area contributed by atoms with Crippen LogP contribution in [-0.2, 0) is 4.79 Å². The number of carbonyl (C=O) groups is 1. The molecule has 33 heavy (non-hydrogen) atoms. The van der Waals surface area contributed by atoms with Crippen LogP contribution in [0.25, 0.3) is 16.6 Å². The maximum Gasteiger partial charge on any atom is 0.331 e. The van der Waals surface area contributed by atoms with E-state index in [-0.39, 0.29) is 0 Å². The highest BCUT2D eigenvalue weighted by atomic mass is 16.4. The molecule has 0 aliphatic carbocycles. The Morgan fingerprint density at radius 3 is 2.39 bits per heavy atom. The number of benzene rings is 2. The molecule has 1 aliphatic heterocycles. The van der Waals surface area contributed by atoms with Crippen LogP contribution >= 0.6 is 0 Å². The zero-order valence-corrected chi connectivity index (χ0v) is 18.5. The summed E-state index contributed by atoms with van der Waals surface area (Å²) >= 11 is 0. The number of rotatable bonds is 5. The minimum absolute atomic E-state index is 0.342. The Labute approximate surface area is 191 Å². The molecular weight excluding hydrogens is 416 g/mol. The van der Waals surface area contributed by atoms with Crippen LogP contribution in [0.3, 0.4) is 0 Å². The molecule has 1 aliphatic rings. The van der Waals surface area contributed by atoms with Crippen molar-refractivity contribution in [2.24, 2.45) is 0 Å². The molecule has 3 heterocycles. The molecule has 0 saturated carbocycles. The molecule has 2 aromatic carbocycles. The molecule has 2 aromatic heterocycles. The zero-order valence-electron chi connectivity index (χ0n) is 18.5. The minimum Gasteiger partial charge on any atom is -0.479 e. The lowest BCUT2D eigenvalue weighted by Gasteiger charge is -2.29. The van der Waals surface area contributed by atoms with E-state index in [1.165, 1.54) is 33.8 Å². The topological polar surface area (TPSA) is 79.8 Å². The molecule has 0 bridgehead atoms. The van der Waals surface area contributed by atoms with Gasteiger partial charge in [-0.2, -0.15) is 5.10 Å². The Morgan fingerprint density at radius 2 is 1.73 bits per heavy atom. The fourth-order valence-electron chi connectivity index (χ4n) is 4.69. The van der Waals surface area contributed by atoms with Crippen LogP contribution < -0.4 is 5.56 Å². The van der Waals surface area contributed by atoms with Crippen LogP contribution in [-0.4, -0.2) is 50.3 Å². The number of hydrogen-bond acceptors (Lipinski definition) is 4. The van der Waals surface area contributed by atoms with Crippen molar-refractivity contribution >= 4 is 11.5 Å². The molecule has 4 aromatic rings. The fourth-order valence-corrected chi connectivity index (χ4v) is 4.69. The highest BCUT2D eigenvalue weighted by molar-refractivity contribution is 5.76. The summed E-state index contributed by atoms with van der Waals surface area (Å²) in [5, 5.41) is 14.1. The molecule has 1 N–H and O–H groups in total. The van der Waals surface area contributed by atoms with E-state index in [4.69, 9.17) is 0 Å². The van der Waals surface area contributed by atoms with Gasteiger partial charge in [-0.15, -0.1) is 0 Å². The molecule has 168 valence electrons. The Balaban J connectivity index is 1.47. The number of piperidine rings is 1. The Bertz CT molecular complexity index is 1330. The monoisotopic (exact) mass is 442 g/mol. The number of likely N-dealkylation sites (tertiary alicyclic amines) is 1. The summed E-state index contributed by atoms with van der Waals surface area (Å²) in [6, 6.07) is 17.9. The van der Waals surface area contributed by atoms with Crippen LogP contribution in [0.4, 0.5) is 0 Å². The maximum absolute atomic E-state index is 13.2. The number of carboxylic acids is 1. The average molecular weight is 443 g/mol. The standard InChI is InChI=1S/C26H26N4O3/c1-28-13-11-20(12-14-28)18-7-9-19(10-8-18)22-15-23-25(31)29(17-27-30(23)16-22)24(26(32)33)21-5-3-2-4-6-21/h2-10,15-17,20,24H,11-14H2,1H3,(H,32,33). The van der Waals surface area contributed by atoms with Crippen molar-refractivity contribution in [1.82, 2.24) is 19.1 Å². The Morgan fingerprint density at radius 1 is 1.03 bits per heavy atom. The molecule has 1 unspecified atom stereocenters. The molecule has 1 atom stereocenters. The van der Waals surface area contributed by atoms with Crippen molar-refractivity contribution in [3.63, 3.8) is 0 Å². The van der Waals surface area contributed by atoms with Crippen molar-refractivity contribution in [3.8, 4) is 11.1 Å². The number of aliphatic carboxylic acids is 1. The number of nitrogens with zero attached hydrogens (tertiary/aromatic N) is 4. The van der Waals surface area contributed by atoms with Gasteiger partial charge in [0, 0.05) is 11.8 Å². The van der Waals surface area contributed by atoms with Gasteiger partial charge in [-0.1, -0.05) is 54.6 Å². The van der Waals surface area contributed by atoms with E-state index in [2.05, 4.69) is 41.3 Å². The van der Waals surface area contributed by atoms with Gasteiger partial charge in [-0.3, -0.25) is 9.36 Å². The Kier molecular flexibility index (Phi) is 5.56. The second kappa shape index (κ2) is 8.67. The summed E-state index contributed by atoms with van der Waals surface area (Å²) in [5.74, 6) is -0.520. The van der Waals surface area contributed by atoms with E-state index >= 15 is 0 Å². The summed E-state index contributed by atoms with van der Waals surface area (Å²) in [5.41, 5.74) is 3.70. The van der Waals surface area contributed by atoms with Gasteiger partial charge in [0.15, 0.2) is 6.04 Å². The van der Waals surface area contributed by atoms with E-state index in [9.17, 15) is 14.7 Å². The lowest BCUT2D eigenvalue weighted by Crippen LogP contribution is -2.31. The van der Waals surface area contributed by atoms with Crippen LogP contribution in [0.2, 0.25) is 0 Å². The van der Waals surface area contributed by atoms with Crippen molar-refractivity contribution in [1.29, 1.82) is 0 Å². The van der Waals surface area contributed by atoms with E-state index in [1.807, 2.05) is 12.3 Å². The van der Waals surface area contributed by atoms with Crippen molar-refractivity contribution in [2.75, 3.05) is 20.1 Å². The first-order valence-electron chi connectivity index (χ1n) is 11.2. The molecule has 0 spiro atoms. The third kappa shape index (κ3) is 4.07. The second-order valence-corrected chi connectivity index (χ2v) is 8.75. The van der Waals surface area contributed by atoms with Crippen LogP contribution in [0.15, 0.2) is 78.0 Å². The van der Waals surface area contributed by atoms with E-state index in [0.717, 1.165) is 24.2 Å². The third-order valence-corrected chi connectivity index (χ3v) is 6.62. The van der Waals surface area contributed by atoms with Gasteiger partial charge in [0.05, 0.1) is 0 Å². The predicted octanol–water partition coefficient (Wildman–Crippen LogP) is 3.65. The van der Waals surface area contributed by atoms with Crippen LogP contribution in [0.5, 0.6) is 0 Å². The van der Waals surface area contributed by atoms with Crippen molar-refractivity contribution in [3.05, 3.63) is 94.7 Å². The first-order chi connectivity index (χ1) is 16.0. The molecule has 0 radical (unpaired) electrons. The molecule has 1 saturated heterocycles. The van der Waals surface area contributed by atoms with E-state index in [0.29, 0.717) is 17.0 Å². The molecule has 5 rings (SSSR count). The summed E-state index contributed by atoms with van der Waals surface area (Å²) in [6.45, 7) is 2.24. The molecule has 0 amide bonds. The molecule has 7 heteroatoms. The quantitative estimate of drug-likeness (QED) is 0.510. The Hall–Kier alpha value is -3.71. The summed E-state index contributed by atoms with van der Waals surface area (Å²) in [4.78, 5) is 27.6. The van der Waals surface area contributed by atoms with Gasteiger partial charge in [0.25, 0.3) is 5.56 Å². The van der Waals surface area contributed by atoms with Crippen molar-refractivity contribution in [2.45, 2.75) is 24.8 Å². The fraction of sp³-hybridized carbons (Fsp3) is 0.269. The highest BCUT2D eigenvalue weighted by Gasteiger charge is 2.24. The first kappa shape index (κ1) is 21.2.